The fraction of sp³-hybridized carbons (Fsp3) is 0.167. The number of anilines is 1. The number of rotatable bonds is 4. The maximum atomic E-state index is 13.5. The molecule has 158 valence electrons. The van der Waals surface area contributed by atoms with Crippen molar-refractivity contribution in [3.05, 3.63) is 94.3 Å². The average molecular weight is 439 g/mol. The number of methoxy groups -OCH3 is 1. The number of ether oxygens (including phenoxy) is 1. The number of hydrogen-bond donors (Lipinski definition) is 1. The zero-order valence-corrected chi connectivity index (χ0v) is 17.7. The van der Waals surface area contributed by atoms with Crippen molar-refractivity contribution in [2.24, 2.45) is 0 Å². The molecule has 0 bridgehead atoms. The maximum Gasteiger partial charge on any atom is 0.254 e. The molecule has 31 heavy (non-hydrogen) atoms. The summed E-state index contributed by atoms with van der Waals surface area (Å²) in [5.74, 6) is -1.06. The van der Waals surface area contributed by atoms with Gasteiger partial charge in [-0.05, 0) is 47.5 Å². The lowest BCUT2D eigenvalue weighted by atomic mass is 9.79. The lowest BCUT2D eigenvalue weighted by molar-refractivity contribution is -0.119. The summed E-state index contributed by atoms with van der Waals surface area (Å²) in [4.78, 5) is 28.1. The van der Waals surface area contributed by atoms with E-state index in [-0.39, 0.29) is 16.8 Å². The highest BCUT2D eigenvalue weighted by atomic mass is 35.5. The van der Waals surface area contributed by atoms with Crippen LogP contribution in [0.5, 0.6) is 5.75 Å². The van der Waals surface area contributed by atoms with E-state index in [2.05, 4.69) is 5.32 Å². The SMILES string of the molecule is COc1ccc([C@H]2[C@H](C(=O)Nc3ccc(F)c(Cl)c3)c3ccccc3C(=O)N2C)cc1. The van der Waals surface area contributed by atoms with Crippen LogP contribution in [0.4, 0.5) is 10.1 Å². The Morgan fingerprint density at radius 1 is 1.10 bits per heavy atom. The number of likely N-dealkylation sites (N-methyl/N-ethyl adjacent to an activating group) is 1. The van der Waals surface area contributed by atoms with Gasteiger partial charge in [-0.2, -0.15) is 0 Å². The summed E-state index contributed by atoms with van der Waals surface area (Å²) in [7, 11) is 3.26. The van der Waals surface area contributed by atoms with E-state index in [0.717, 1.165) is 5.56 Å². The molecule has 7 heteroatoms. The number of benzene rings is 3. The number of halogens is 2. The Bertz CT molecular complexity index is 1150. The Morgan fingerprint density at radius 3 is 2.48 bits per heavy atom. The molecular formula is C24H20ClFN2O3. The normalized spacial score (nSPS) is 17.8. The van der Waals surface area contributed by atoms with E-state index < -0.39 is 17.8 Å². The Hall–Kier alpha value is -3.38. The molecule has 1 aliphatic rings. The van der Waals surface area contributed by atoms with Crippen LogP contribution in [0.1, 0.15) is 33.4 Å². The summed E-state index contributed by atoms with van der Waals surface area (Å²) >= 11 is 5.87. The molecule has 0 saturated heterocycles. The molecule has 0 saturated carbocycles. The van der Waals surface area contributed by atoms with Gasteiger partial charge in [0.05, 0.1) is 24.1 Å². The van der Waals surface area contributed by atoms with Crippen LogP contribution < -0.4 is 10.1 Å². The minimum Gasteiger partial charge on any atom is -0.497 e. The molecule has 2 amide bonds. The van der Waals surface area contributed by atoms with Crippen molar-refractivity contribution in [2.75, 3.05) is 19.5 Å². The molecule has 4 rings (SSSR count). The van der Waals surface area contributed by atoms with Crippen molar-refractivity contribution in [3.63, 3.8) is 0 Å². The third-order valence-electron chi connectivity index (χ3n) is 5.51. The van der Waals surface area contributed by atoms with Crippen LogP contribution in [0, 0.1) is 5.82 Å². The van der Waals surface area contributed by atoms with Crippen LogP contribution in [-0.4, -0.2) is 30.9 Å². The van der Waals surface area contributed by atoms with Crippen molar-refractivity contribution in [3.8, 4) is 5.75 Å². The van der Waals surface area contributed by atoms with Crippen LogP contribution in [0.3, 0.4) is 0 Å². The van der Waals surface area contributed by atoms with E-state index >= 15 is 0 Å². The average Bonchev–Trinajstić information content (AvgIpc) is 2.78. The lowest BCUT2D eigenvalue weighted by Gasteiger charge is -2.39. The van der Waals surface area contributed by atoms with Gasteiger partial charge in [0, 0.05) is 18.3 Å². The summed E-state index contributed by atoms with van der Waals surface area (Å²) in [6.07, 6.45) is 0. The molecule has 0 radical (unpaired) electrons. The second kappa shape index (κ2) is 8.40. The Morgan fingerprint density at radius 2 is 1.81 bits per heavy atom. The molecular weight excluding hydrogens is 419 g/mol. The number of fused-ring (bicyclic) bond motifs is 1. The van der Waals surface area contributed by atoms with Gasteiger partial charge in [-0.3, -0.25) is 9.59 Å². The van der Waals surface area contributed by atoms with Gasteiger partial charge in [-0.15, -0.1) is 0 Å². The molecule has 1 heterocycles. The molecule has 0 aromatic heterocycles. The molecule has 0 aliphatic carbocycles. The number of carbonyl (C=O) groups is 2. The standard InChI is InChI=1S/C24H20ClFN2O3/c1-28-22(14-7-10-16(31-2)11-8-14)21(17-5-3-4-6-18(17)24(28)30)23(29)27-15-9-12-20(26)19(25)13-15/h3-13,21-22H,1-2H3,(H,27,29)/t21-,22+/m1/s1. The van der Waals surface area contributed by atoms with Gasteiger partial charge in [0.25, 0.3) is 5.91 Å². The molecule has 3 aromatic carbocycles. The van der Waals surface area contributed by atoms with Gasteiger partial charge in [0.15, 0.2) is 0 Å². The zero-order chi connectivity index (χ0) is 22.1. The smallest absolute Gasteiger partial charge is 0.254 e. The minimum atomic E-state index is -0.684. The van der Waals surface area contributed by atoms with Crippen LogP contribution in [0.25, 0.3) is 0 Å². The summed E-state index contributed by atoms with van der Waals surface area (Å²) in [5, 5.41) is 2.74. The van der Waals surface area contributed by atoms with E-state index in [9.17, 15) is 14.0 Å². The molecule has 1 aliphatic heterocycles. The first-order valence-electron chi connectivity index (χ1n) is 9.66. The lowest BCUT2D eigenvalue weighted by Crippen LogP contribution is -2.44. The molecule has 0 unspecified atom stereocenters. The van der Waals surface area contributed by atoms with E-state index in [1.807, 2.05) is 12.1 Å². The highest BCUT2D eigenvalue weighted by Gasteiger charge is 2.42. The third-order valence-corrected chi connectivity index (χ3v) is 5.80. The topological polar surface area (TPSA) is 58.6 Å². The zero-order valence-electron chi connectivity index (χ0n) is 16.9. The quantitative estimate of drug-likeness (QED) is 0.621. The Balaban J connectivity index is 1.78. The molecule has 0 spiro atoms. The Kier molecular flexibility index (Phi) is 5.65. The van der Waals surface area contributed by atoms with E-state index in [4.69, 9.17) is 16.3 Å². The monoisotopic (exact) mass is 438 g/mol. The van der Waals surface area contributed by atoms with E-state index in [0.29, 0.717) is 22.6 Å². The first-order valence-corrected chi connectivity index (χ1v) is 10.0. The van der Waals surface area contributed by atoms with Crippen molar-refractivity contribution in [1.29, 1.82) is 0 Å². The van der Waals surface area contributed by atoms with Crippen molar-refractivity contribution in [1.82, 2.24) is 4.90 Å². The minimum absolute atomic E-state index is 0.0826. The van der Waals surface area contributed by atoms with Gasteiger partial charge < -0.3 is 15.0 Å². The van der Waals surface area contributed by atoms with Gasteiger partial charge in [0.1, 0.15) is 11.6 Å². The molecule has 0 fully saturated rings. The van der Waals surface area contributed by atoms with E-state index in [1.165, 1.54) is 18.2 Å². The summed E-state index contributed by atoms with van der Waals surface area (Å²) < 4.78 is 18.8. The predicted molar refractivity (Wildman–Crippen MR) is 117 cm³/mol. The fourth-order valence-electron chi connectivity index (χ4n) is 3.97. The Labute approximate surface area is 184 Å². The number of hydrogen-bond acceptors (Lipinski definition) is 3. The summed E-state index contributed by atoms with van der Waals surface area (Å²) in [5.41, 5.74) is 2.29. The van der Waals surface area contributed by atoms with Crippen molar-refractivity contribution < 1.29 is 18.7 Å². The first-order chi connectivity index (χ1) is 14.9. The van der Waals surface area contributed by atoms with Crippen LogP contribution in [-0.2, 0) is 4.79 Å². The van der Waals surface area contributed by atoms with Crippen LogP contribution in [0.2, 0.25) is 5.02 Å². The molecule has 5 nitrogen and oxygen atoms in total. The number of amides is 2. The highest BCUT2D eigenvalue weighted by Crippen LogP contribution is 2.42. The predicted octanol–water partition coefficient (Wildman–Crippen LogP) is 5.04. The molecule has 1 N–H and O–H groups in total. The van der Waals surface area contributed by atoms with E-state index in [1.54, 1.807) is 55.5 Å². The second-order valence-electron chi connectivity index (χ2n) is 7.32. The van der Waals surface area contributed by atoms with Gasteiger partial charge in [-0.1, -0.05) is 41.9 Å². The maximum absolute atomic E-state index is 13.5. The van der Waals surface area contributed by atoms with Crippen LogP contribution >= 0.6 is 11.6 Å². The third kappa shape index (κ3) is 3.86. The number of nitrogens with one attached hydrogen (secondary N) is 1. The second-order valence-corrected chi connectivity index (χ2v) is 7.72. The van der Waals surface area contributed by atoms with Crippen LogP contribution in [0.15, 0.2) is 66.7 Å². The highest BCUT2D eigenvalue weighted by molar-refractivity contribution is 6.31. The molecule has 2 atom stereocenters. The van der Waals surface area contributed by atoms with Gasteiger partial charge >= 0.3 is 0 Å². The van der Waals surface area contributed by atoms with Gasteiger partial charge in [0.2, 0.25) is 5.91 Å². The fourth-order valence-corrected chi connectivity index (χ4v) is 4.15. The van der Waals surface area contributed by atoms with Gasteiger partial charge in [-0.25, -0.2) is 4.39 Å². The summed E-state index contributed by atoms with van der Waals surface area (Å²) in [6, 6.07) is 17.8. The molecule has 3 aromatic rings. The summed E-state index contributed by atoms with van der Waals surface area (Å²) in [6.45, 7) is 0. The largest absolute Gasteiger partial charge is 0.497 e. The van der Waals surface area contributed by atoms with Crippen molar-refractivity contribution in [2.45, 2.75) is 12.0 Å². The van der Waals surface area contributed by atoms with Crippen molar-refractivity contribution >= 4 is 29.1 Å². The number of carbonyl (C=O) groups excluding carboxylic acids is 2. The number of nitrogens with zero attached hydrogens (tertiary/aromatic N) is 1. The first kappa shape index (κ1) is 20.9.